The summed E-state index contributed by atoms with van der Waals surface area (Å²) in [5, 5.41) is -0.0380. The highest BCUT2D eigenvalue weighted by atomic mass is 35.5. The monoisotopic (exact) mass is 443 g/mol. The van der Waals surface area contributed by atoms with E-state index in [1.807, 2.05) is 35.4 Å². The van der Waals surface area contributed by atoms with Crippen LogP contribution in [0.3, 0.4) is 0 Å². The molecule has 0 radical (unpaired) electrons. The number of aromatic nitrogens is 1. The van der Waals surface area contributed by atoms with Gasteiger partial charge in [-0.15, -0.1) is 0 Å². The van der Waals surface area contributed by atoms with Gasteiger partial charge in [0.25, 0.3) is 5.91 Å². The Balaban J connectivity index is 1.68. The number of pyridine rings is 1. The van der Waals surface area contributed by atoms with Crippen LogP contribution >= 0.6 is 23.4 Å². The first-order valence-electron chi connectivity index (χ1n) is 9.14. The van der Waals surface area contributed by atoms with Crippen molar-refractivity contribution in [3.8, 4) is 0 Å². The molecule has 2 heterocycles. The van der Waals surface area contributed by atoms with Crippen LogP contribution in [0, 0.1) is 0 Å². The van der Waals surface area contributed by atoms with Crippen molar-refractivity contribution in [2.75, 3.05) is 37.3 Å². The van der Waals surface area contributed by atoms with Gasteiger partial charge in [0.15, 0.2) is 0 Å². The minimum Gasteiger partial charge on any atom is -0.354 e. The van der Waals surface area contributed by atoms with Gasteiger partial charge in [-0.25, -0.2) is 4.98 Å². The van der Waals surface area contributed by atoms with Gasteiger partial charge in [-0.05, 0) is 36.4 Å². The molecule has 0 spiro atoms. The maximum absolute atomic E-state index is 12.8. The smallest absolute Gasteiger partial charge is 0.354 e. The van der Waals surface area contributed by atoms with Crippen LogP contribution in [0.2, 0.25) is 5.02 Å². The molecular weight excluding hydrogens is 423 g/mol. The highest BCUT2D eigenvalue weighted by Gasteiger charge is 2.32. The van der Waals surface area contributed by atoms with E-state index in [9.17, 15) is 18.0 Å². The third kappa shape index (κ3) is 5.36. The van der Waals surface area contributed by atoms with E-state index < -0.39 is 11.7 Å². The molecule has 1 amide bonds. The molecule has 29 heavy (non-hydrogen) atoms. The zero-order valence-corrected chi connectivity index (χ0v) is 17.4. The number of thioether (sulfide) groups is 1. The number of carbonyl (C=O) groups excluding carboxylic acids is 1. The standard InChI is InChI=1S/C20H21ClF3N3OS/c1-29-13-14-3-5-15(6-4-14)19(28)27-8-2-7-26(9-10-27)18-17(21)11-16(12-25-18)20(22,23)24/h3-6,11-12H,2,7-10,13H2,1H3. The lowest BCUT2D eigenvalue weighted by Crippen LogP contribution is -2.35. The topological polar surface area (TPSA) is 36.4 Å². The van der Waals surface area contributed by atoms with Crippen LogP contribution in [0.25, 0.3) is 0 Å². The number of amides is 1. The maximum atomic E-state index is 12.8. The van der Waals surface area contributed by atoms with E-state index in [2.05, 4.69) is 4.98 Å². The average molecular weight is 444 g/mol. The second kappa shape index (κ2) is 9.26. The Labute approximate surface area is 177 Å². The fourth-order valence-electron chi connectivity index (χ4n) is 3.24. The lowest BCUT2D eigenvalue weighted by atomic mass is 10.1. The Morgan fingerprint density at radius 3 is 2.52 bits per heavy atom. The number of anilines is 1. The summed E-state index contributed by atoms with van der Waals surface area (Å²) in [5.41, 5.74) is 0.927. The fourth-order valence-corrected chi connectivity index (χ4v) is 4.06. The van der Waals surface area contributed by atoms with Crippen molar-refractivity contribution in [2.24, 2.45) is 0 Å². The van der Waals surface area contributed by atoms with Crippen molar-refractivity contribution in [1.29, 1.82) is 0 Å². The van der Waals surface area contributed by atoms with Crippen molar-refractivity contribution in [3.05, 3.63) is 58.2 Å². The van der Waals surface area contributed by atoms with Crippen LogP contribution in [0.15, 0.2) is 36.5 Å². The number of halogens is 4. The molecule has 1 aliphatic heterocycles. The van der Waals surface area contributed by atoms with E-state index in [1.54, 1.807) is 16.7 Å². The molecule has 0 saturated carbocycles. The molecular formula is C20H21ClF3N3OS. The Kier molecular flexibility index (Phi) is 6.95. The van der Waals surface area contributed by atoms with Gasteiger partial charge in [-0.1, -0.05) is 23.7 Å². The fraction of sp³-hybridized carbons (Fsp3) is 0.400. The maximum Gasteiger partial charge on any atom is 0.417 e. The normalized spacial score (nSPS) is 15.3. The highest BCUT2D eigenvalue weighted by Crippen LogP contribution is 2.33. The number of benzene rings is 1. The summed E-state index contributed by atoms with van der Waals surface area (Å²) < 4.78 is 38.5. The van der Waals surface area contributed by atoms with Crippen molar-refractivity contribution >= 4 is 35.1 Å². The van der Waals surface area contributed by atoms with Crippen LogP contribution in [-0.2, 0) is 11.9 Å². The van der Waals surface area contributed by atoms with E-state index in [1.165, 1.54) is 5.56 Å². The summed E-state index contributed by atoms with van der Waals surface area (Å²) in [6.45, 7) is 2.04. The Morgan fingerprint density at radius 2 is 1.90 bits per heavy atom. The summed E-state index contributed by atoms with van der Waals surface area (Å²) >= 11 is 7.79. The summed E-state index contributed by atoms with van der Waals surface area (Å²) in [7, 11) is 0. The van der Waals surface area contributed by atoms with E-state index in [0.29, 0.717) is 44.0 Å². The quantitative estimate of drug-likeness (QED) is 0.668. The lowest BCUT2D eigenvalue weighted by Gasteiger charge is -2.24. The molecule has 3 rings (SSSR count). The first-order chi connectivity index (χ1) is 13.8. The molecule has 0 unspecified atom stereocenters. The second-order valence-corrected chi connectivity index (χ2v) is 8.06. The van der Waals surface area contributed by atoms with Gasteiger partial charge < -0.3 is 9.80 Å². The number of carbonyl (C=O) groups is 1. The Morgan fingerprint density at radius 1 is 1.17 bits per heavy atom. The number of hydrogen-bond donors (Lipinski definition) is 0. The summed E-state index contributed by atoms with van der Waals surface area (Å²) in [6, 6.07) is 8.49. The van der Waals surface area contributed by atoms with E-state index in [0.717, 1.165) is 18.0 Å². The average Bonchev–Trinajstić information content (AvgIpc) is 2.93. The SMILES string of the molecule is CSCc1ccc(C(=O)N2CCCN(c3ncc(C(F)(F)F)cc3Cl)CC2)cc1. The number of nitrogens with zero attached hydrogens (tertiary/aromatic N) is 3. The predicted octanol–water partition coefficient (Wildman–Crippen LogP) is 4.97. The van der Waals surface area contributed by atoms with Gasteiger partial charge in [-0.2, -0.15) is 24.9 Å². The molecule has 1 aromatic carbocycles. The van der Waals surface area contributed by atoms with Gasteiger partial charge in [0.2, 0.25) is 0 Å². The Hall–Kier alpha value is -1.93. The molecule has 0 bridgehead atoms. The Bertz CT molecular complexity index is 861. The molecule has 156 valence electrons. The summed E-state index contributed by atoms with van der Waals surface area (Å²) in [6.07, 6.45) is -0.983. The van der Waals surface area contributed by atoms with Crippen molar-refractivity contribution < 1.29 is 18.0 Å². The molecule has 0 atom stereocenters. The van der Waals surface area contributed by atoms with Gasteiger partial charge in [-0.3, -0.25) is 4.79 Å². The third-order valence-electron chi connectivity index (χ3n) is 4.74. The van der Waals surface area contributed by atoms with Crippen LogP contribution in [0.4, 0.5) is 19.0 Å². The highest BCUT2D eigenvalue weighted by molar-refractivity contribution is 7.97. The van der Waals surface area contributed by atoms with E-state index in [-0.39, 0.29) is 10.9 Å². The summed E-state index contributed by atoms with van der Waals surface area (Å²) in [4.78, 5) is 20.4. The van der Waals surface area contributed by atoms with Gasteiger partial charge in [0.05, 0.1) is 10.6 Å². The zero-order chi connectivity index (χ0) is 21.0. The number of hydrogen-bond acceptors (Lipinski definition) is 4. The van der Waals surface area contributed by atoms with Crippen LogP contribution in [0.1, 0.15) is 27.9 Å². The van der Waals surface area contributed by atoms with Crippen molar-refractivity contribution in [2.45, 2.75) is 18.3 Å². The molecule has 2 aromatic rings. The predicted molar refractivity (Wildman–Crippen MR) is 111 cm³/mol. The van der Waals surface area contributed by atoms with Crippen molar-refractivity contribution in [1.82, 2.24) is 9.88 Å². The van der Waals surface area contributed by atoms with Crippen molar-refractivity contribution in [3.63, 3.8) is 0 Å². The third-order valence-corrected chi connectivity index (χ3v) is 5.64. The van der Waals surface area contributed by atoms with Crippen LogP contribution in [0.5, 0.6) is 0 Å². The second-order valence-electron chi connectivity index (χ2n) is 6.79. The largest absolute Gasteiger partial charge is 0.417 e. The minimum atomic E-state index is -4.48. The number of rotatable bonds is 4. The first-order valence-corrected chi connectivity index (χ1v) is 10.9. The van der Waals surface area contributed by atoms with E-state index in [4.69, 9.17) is 11.6 Å². The van der Waals surface area contributed by atoms with Crippen LogP contribution < -0.4 is 4.90 Å². The molecule has 4 nitrogen and oxygen atoms in total. The summed E-state index contributed by atoms with van der Waals surface area (Å²) in [5.74, 6) is 1.16. The van der Waals surface area contributed by atoms with E-state index >= 15 is 0 Å². The molecule has 1 aliphatic rings. The van der Waals surface area contributed by atoms with Gasteiger partial charge in [0.1, 0.15) is 5.82 Å². The molecule has 0 aliphatic carbocycles. The first kappa shape index (κ1) is 21.8. The molecule has 0 N–H and O–H groups in total. The van der Waals surface area contributed by atoms with Gasteiger partial charge in [0, 0.05) is 43.7 Å². The molecule has 9 heteroatoms. The van der Waals surface area contributed by atoms with Crippen LogP contribution in [-0.4, -0.2) is 48.2 Å². The molecule has 1 fully saturated rings. The molecule has 1 saturated heterocycles. The number of alkyl halides is 3. The molecule has 1 aromatic heterocycles. The minimum absolute atomic E-state index is 0.0380. The lowest BCUT2D eigenvalue weighted by molar-refractivity contribution is -0.137. The zero-order valence-electron chi connectivity index (χ0n) is 15.9. The van der Waals surface area contributed by atoms with Gasteiger partial charge >= 0.3 is 6.18 Å².